The minimum atomic E-state index is -0.457. The van der Waals surface area contributed by atoms with Gasteiger partial charge in [0.2, 0.25) is 5.91 Å². The lowest BCUT2D eigenvalue weighted by Crippen LogP contribution is -2.44. The average Bonchev–Trinajstić information content (AvgIpc) is 2.46. The molecule has 0 aliphatic rings. The molecule has 4 heteroatoms. The molecule has 0 unspecified atom stereocenters. The molecule has 0 aromatic heterocycles. The van der Waals surface area contributed by atoms with Gasteiger partial charge in [0.25, 0.3) is 0 Å². The molecule has 1 atom stereocenters. The van der Waals surface area contributed by atoms with Gasteiger partial charge < -0.3 is 16.4 Å². The Kier molecular flexibility index (Phi) is 7.15. The smallest absolute Gasteiger partial charge is 0.239 e. The summed E-state index contributed by atoms with van der Waals surface area (Å²) in [7, 11) is 0. The van der Waals surface area contributed by atoms with Crippen molar-refractivity contribution in [3.8, 4) is 0 Å². The van der Waals surface area contributed by atoms with Crippen LogP contribution >= 0.6 is 0 Å². The SMILES string of the molecule is [CH2]CN(CCc1ccccc1)C(=O)[C@@H](N)CCCN. The Morgan fingerprint density at radius 2 is 2.00 bits per heavy atom. The maximum absolute atomic E-state index is 12.1. The number of hydrogen-bond donors (Lipinski definition) is 2. The Bertz CT molecular complexity index is 367. The second-order valence-corrected chi connectivity index (χ2v) is 4.60. The third-order valence-electron chi connectivity index (χ3n) is 3.13. The highest BCUT2D eigenvalue weighted by Crippen LogP contribution is 2.04. The molecule has 105 valence electrons. The van der Waals surface area contributed by atoms with Crippen molar-refractivity contribution in [1.29, 1.82) is 0 Å². The van der Waals surface area contributed by atoms with E-state index >= 15 is 0 Å². The van der Waals surface area contributed by atoms with Crippen molar-refractivity contribution in [1.82, 2.24) is 4.90 Å². The summed E-state index contributed by atoms with van der Waals surface area (Å²) in [4.78, 5) is 13.8. The maximum Gasteiger partial charge on any atom is 0.239 e. The van der Waals surface area contributed by atoms with E-state index < -0.39 is 6.04 Å². The van der Waals surface area contributed by atoms with Crippen molar-refractivity contribution in [2.24, 2.45) is 11.5 Å². The van der Waals surface area contributed by atoms with E-state index in [1.54, 1.807) is 4.90 Å². The van der Waals surface area contributed by atoms with Crippen LogP contribution < -0.4 is 11.5 Å². The van der Waals surface area contributed by atoms with Crippen LogP contribution in [0.1, 0.15) is 18.4 Å². The van der Waals surface area contributed by atoms with Crippen molar-refractivity contribution < 1.29 is 4.79 Å². The fourth-order valence-corrected chi connectivity index (χ4v) is 1.94. The molecule has 0 saturated carbocycles. The number of nitrogens with two attached hydrogens (primary N) is 2. The van der Waals surface area contributed by atoms with E-state index in [2.05, 4.69) is 19.1 Å². The highest BCUT2D eigenvalue weighted by atomic mass is 16.2. The summed E-state index contributed by atoms with van der Waals surface area (Å²) in [6, 6.07) is 9.63. The van der Waals surface area contributed by atoms with Crippen LogP contribution in [-0.4, -0.2) is 36.5 Å². The molecule has 1 rings (SSSR count). The summed E-state index contributed by atoms with van der Waals surface area (Å²) in [5, 5.41) is 0. The summed E-state index contributed by atoms with van der Waals surface area (Å²) in [5.41, 5.74) is 12.5. The van der Waals surface area contributed by atoms with Crippen LogP contribution in [-0.2, 0) is 11.2 Å². The van der Waals surface area contributed by atoms with Gasteiger partial charge in [-0.25, -0.2) is 0 Å². The second kappa shape index (κ2) is 8.67. The Balaban J connectivity index is 2.46. The normalized spacial score (nSPS) is 12.2. The molecular formula is C15H24N3O. The molecule has 1 amide bonds. The lowest BCUT2D eigenvalue weighted by molar-refractivity contribution is -0.132. The Labute approximate surface area is 115 Å². The molecule has 0 fully saturated rings. The minimum Gasteiger partial charge on any atom is -0.341 e. The second-order valence-electron chi connectivity index (χ2n) is 4.60. The minimum absolute atomic E-state index is 0.0284. The summed E-state index contributed by atoms with van der Waals surface area (Å²) in [5.74, 6) is -0.0284. The summed E-state index contributed by atoms with van der Waals surface area (Å²) < 4.78 is 0. The predicted octanol–water partition coefficient (Wildman–Crippen LogP) is 0.958. The molecule has 0 aliphatic heterocycles. The number of carbonyl (C=O) groups is 1. The van der Waals surface area contributed by atoms with E-state index in [1.165, 1.54) is 5.56 Å². The molecule has 19 heavy (non-hydrogen) atoms. The van der Waals surface area contributed by atoms with E-state index in [9.17, 15) is 4.79 Å². The van der Waals surface area contributed by atoms with Gasteiger partial charge in [0.15, 0.2) is 0 Å². The molecule has 1 radical (unpaired) electrons. The van der Waals surface area contributed by atoms with Gasteiger partial charge in [0.1, 0.15) is 0 Å². The zero-order valence-corrected chi connectivity index (χ0v) is 11.4. The van der Waals surface area contributed by atoms with Gasteiger partial charge in [0, 0.05) is 13.1 Å². The number of nitrogens with zero attached hydrogens (tertiary/aromatic N) is 1. The van der Waals surface area contributed by atoms with Crippen LogP contribution in [0.2, 0.25) is 0 Å². The first-order chi connectivity index (χ1) is 9.19. The van der Waals surface area contributed by atoms with E-state index in [4.69, 9.17) is 11.5 Å². The van der Waals surface area contributed by atoms with Gasteiger partial charge in [-0.3, -0.25) is 4.79 Å². The Morgan fingerprint density at radius 1 is 1.32 bits per heavy atom. The van der Waals surface area contributed by atoms with Crippen LogP contribution in [0.15, 0.2) is 30.3 Å². The molecule has 0 saturated heterocycles. The van der Waals surface area contributed by atoms with Crippen LogP contribution in [0, 0.1) is 6.92 Å². The van der Waals surface area contributed by atoms with Crippen LogP contribution in [0.4, 0.5) is 0 Å². The first kappa shape index (κ1) is 15.7. The van der Waals surface area contributed by atoms with Crippen molar-refractivity contribution >= 4 is 5.91 Å². The Hall–Kier alpha value is -1.39. The van der Waals surface area contributed by atoms with Crippen LogP contribution in [0.25, 0.3) is 0 Å². The van der Waals surface area contributed by atoms with Gasteiger partial charge in [-0.2, -0.15) is 0 Å². The van der Waals surface area contributed by atoms with E-state index in [1.807, 2.05) is 18.2 Å². The third kappa shape index (κ3) is 5.41. The molecular weight excluding hydrogens is 238 g/mol. The maximum atomic E-state index is 12.1. The van der Waals surface area contributed by atoms with Gasteiger partial charge in [-0.1, -0.05) is 30.3 Å². The van der Waals surface area contributed by atoms with Crippen LogP contribution in [0.5, 0.6) is 0 Å². The first-order valence-corrected chi connectivity index (χ1v) is 6.76. The summed E-state index contributed by atoms with van der Waals surface area (Å²) >= 11 is 0. The molecule has 0 heterocycles. The van der Waals surface area contributed by atoms with Gasteiger partial charge in [0.05, 0.1) is 6.04 Å². The monoisotopic (exact) mass is 262 g/mol. The molecule has 4 nitrogen and oxygen atoms in total. The van der Waals surface area contributed by atoms with Gasteiger partial charge >= 0.3 is 0 Å². The van der Waals surface area contributed by atoms with E-state index in [0.717, 1.165) is 12.8 Å². The molecule has 1 aromatic carbocycles. The molecule has 0 aliphatic carbocycles. The van der Waals surface area contributed by atoms with Crippen molar-refractivity contribution in [2.45, 2.75) is 25.3 Å². The fourth-order valence-electron chi connectivity index (χ4n) is 1.94. The summed E-state index contributed by atoms with van der Waals surface area (Å²) in [6.45, 7) is 5.47. The lowest BCUT2D eigenvalue weighted by atomic mass is 10.1. The van der Waals surface area contributed by atoms with Crippen molar-refractivity contribution in [2.75, 3.05) is 19.6 Å². The number of rotatable bonds is 8. The lowest BCUT2D eigenvalue weighted by Gasteiger charge is -2.24. The topological polar surface area (TPSA) is 72.3 Å². The zero-order chi connectivity index (χ0) is 14.1. The third-order valence-corrected chi connectivity index (χ3v) is 3.13. The van der Waals surface area contributed by atoms with Crippen molar-refractivity contribution in [3.05, 3.63) is 42.8 Å². The standard InChI is InChI=1S/C15H24N3O/c1-2-18(15(19)14(17)9-6-11-16)12-10-13-7-4-3-5-8-13/h3-5,7-8,14H,1-2,6,9-12,16-17H2/t14-/m0/s1. The number of amides is 1. The number of hydrogen-bond acceptors (Lipinski definition) is 3. The zero-order valence-electron chi connectivity index (χ0n) is 11.4. The predicted molar refractivity (Wildman–Crippen MR) is 78.3 cm³/mol. The first-order valence-electron chi connectivity index (χ1n) is 6.76. The number of carbonyl (C=O) groups excluding carboxylic acids is 1. The highest BCUT2D eigenvalue weighted by Gasteiger charge is 2.18. The molecule has 1 aromatic rings. The quantitative estimate of drug-likeness (QED) is 0.733. The molecule has 0 bridgehead atoms. The average molecular weight is 262 g/mol. The highest BCUT2D eigenvalue weighted by molar-refractivity contribution is 5.81. The molecule has 0 spiro atoms. The van der Waals surface area contributed by atoms with Crippen LogP contribution in [0.3, 0.4) is 0 Å². The van der Waals surface area contributed by atoms with Crippen molar-refractivity contribution in [3.63, 3.8) is 0 Å². The largest absolute Gasteiger partial charge is 0.341 e. The fraction of sp³-hybridized carbons (Fsp3) is 0.467. The van der Waals surface area contributed by atoms with E-state index in [0.29, 0.717) is 26.1 Å². The number of benzene rings is 1. The van der Waals surface area contributed by atoms with Gasteiger partial charge in [-0.15, -0.1) is 0 Å². The van der Waals surface area contributed by atoms with E-state index in [-0.39, 0.29) is 5.91 Å². The Morgan fingerprint density at radius 3 is 2.58 bits per heavy atom. The summed E-state index contributed by atoms with van der Waals surface area (Å²) in [6.07, 6.45) is 2.24. The van der Waals surface area contributed by atoms with Gasteiger partial charge in [-0.05, 0) is 38.3 Å². The molecule has 4 N–H and O–H groups in total.